The molecule has 80 valence electrons. The van der Waals surface area contributed by atoms with E-state index in [-0.39, 0.29) is 18.5 Å². The van der Waals surface area contributed by atoms with E-state index < -0.39 is 6.43 Å². The molecule has 0 aliphatic heterocycles. The van der Waals surface area contributed by atoms with Crippen molar-refractivity contribution in [3.8, 4) is 6.07 Å². The minimum Gasteiger partial charge on any atom is -0.325 e. The second-order valence-corrected chi connectivity index (χ2v) is 3.10. The Morgan fingerprint density at radius 1 is 1.60 bits per heavy atom. The van der Waals surface area contributed by atoms with Crippen LogP contribution in [0.15, 0.2) is 6.20 Å². The first-order valence-corrected chi connectivity index (χ1v) is 4.44. The predicted molar refractivity (Wildman–Crippen MR) is 51.1 cm³/mol. The van der Waals surface area contributed by atoms with Crippen LogP contribution in [0.3, 0.4) is 0 Å². The van der Waals surface area contributed by atoms with Gasteiger partial charge in [-0.3, -0.25) is 4.98 Å². The summed E-state index contributed by atoms with van der Waals surface area (Å²) < 4.78 is 25.1. The van der Waals surface area contributed by atoms with Gasteiger partial charge in [0.15, 0.2) is 0 Å². The molecule has 0 amide bonds. The first-order chi connectivity index (χ1) is 7.11. The first-order valence-electron chi connectivity index (χ1n) is 4.44. The number of halogens is 2. The van der Waals surface area contributed by atoms with Crippen LogP contribution in [0, 0.1) is 18.3 Å². The molecule has 0 saturated carbocycles. The summed E-state index contributed by atoms with van der Waals surface area (Å²) in [6, 6.07) is 1.93. The molecule has 0 bridgehead atoms. The lowest BCUT2D eigenvalue weighted by Crippen LogP contribution is -2.08. The zero-order chi connectivity index (χ0) is 11.4. The highest BCUT2D eigenvalue weighted by Gasteiger charge is 2.16. The third-order valence-corrected chi connectivity index (χ3v) is 2.28. The Balaban J connectivity index is 3.30. The van der Waals surface area contributed by atoms with Crippen LogP contribution in [-0.2, 0) is 13.0 Å². The Morgan fingerprint density at radius 2 is 2.27 bits per heavy atom. The van der Waals surface area contributed by atoms with Gasteiger partial charge in [-0.15, -0.1) is 0 Å². The van der Waals surface area contributed by atoms with Crippen LogP contribution in [-0.4, -0.2) is 4.98 Å². The van der Waals surface area contributed by atoms with Gasteiger partial charge in [-0.2, -0.15) is 5.26 Å². The Morgan fingerprint density at radius 3 is 2.73 bits per heavy atom. The third-order valence-electron chi connectivity index (χ3n) is 2.28. The predicted octanol–water partition coefficient (Wildman–Crippen LogP) is 1.85. The SMILES string of the molecule is Cc1c(C(F)F)cnc(CN)c1CC#N. The topological polar surface area (TPSA) is 62.7 Å². The van der Waals surface area contributed by atoms with E-state index >= 15 is 0 Å². The highest BCUT2D eigenvalue weighted by Crippen LogP contribution is 2.25. The summed E-state index contributed by atoms with van der Waals surface area (Å²) in [5, 5.41) is 8.59. The number of nitriles is 1. The second kappa shape index (κ2) is 4.80. The minimum atomic E-state index is -2.57. The number of alkyl halides is 2. The van der Waals surface area contributed by atoms with E-state index in [1.165, 1.54) is 0 Å². The molecule has 1 rings (SSSR count). The average molecular weight is 211 g/mol. The third kappa shape index (κ3) is 2.28. The number of nitrogens with zero attached hydrogens (tertiary/aromatic N) is 2. The number of aromatic nitrogens is 1. The molecule has 0 fully saturated rings. The number of hydrogen-bond acceptors (Lipinski definition) is 3. The Labute approximate surface area is 86.5 Å². The van der Waals surface area contributed by atoms with E-state index in [0.29, 0.717) is 16.8 Å². The van der Waals surface area contributed by atoms with Gasteiger partial charge in [-0.1, -0.05) is 0 Å². The van der Waals surface area contributed by atoms with Crippen molar-refractivity contribution in [1.82, 2.24) is 4.98 Å². The fourth-order valence-corrected chi connectivity index (χ4v) is 1.42. The van der Waals surface area contributed by atoms with E-state index in [0.717, 1.165) is 6.20 Å². The lowest BCUT2D eigenvalue weighted by molar-refractivity contribution is 0.150. The van der Waals surface area contributed by atoms with Gasteiger partial charge in [0.25, 0.3) is 6.43 Å². The van der Waals surface area contributed by atoms with Crippen molar-refractivity contribution in [2.45, 2.75) is 26.3 Å². The molecule has 0 spiro atoms. The van der Waals surface area contributed by atoms with E-state index in [2.05, 4.69) is 4.98 Å². The second-order valence-electron chi connectivity index (χ2n) is 3.10. The minimum absolute atomic E-state index is 0.0614. The number of rotatable bonds is 3. The van der Waals surface area contributed by atoms with Crippen LogP contribution in [0.25, 0.3) is 0 Å². The van der Waals surface area contributed by atoms with Gasteiger partial charge >= 0.3 is 0 Å². The van der Waals surface area contributed by atoms with Crippen LogP contribution in [0.4, 0.5) is 8.78 Å². The molecule has 0 aliphatic carbocycles. The molecule has 0 aromatic carbocycles. The van der Waals surface area contributed by atoms with Crippen molar-refractivity contribution < 1.29 is 8.78 Å². The van der Waals surface area contributed by atoms with Crippen molar-refractivity contribution >= 4 is 0 Å². The maximum absolute atomic E-state index is 12.5. The van der Waals surface area contributed by atoms with Crippen LogP contribution < -0.4 is 5.73 Å². The van der Waals surface area contributed by atoms with Gasteiger partial charge in [0, 0.05) is 18.3 Å². The lowest BCUT2D eigenvalue weighted by Gasteiger charge is -2.11. The van der Waals surface area contributed by atoms with E-state index in [1.807, 2.05) is 6.07 Å². The smallest absolute Gasteiger partial charge is 0.265 e. The summed E-state index contributed by atoms with van der Waals surface area (Å²) >= 11 is 0. The Bertz CT molecular complexity index is 396. The molecule has 1 aromatic rings. The monoisotopic (exact) mass is 211 g/mol. The average Bonchev–Trinajstić information content (AvgIpc) is 2.20. The quantitative estimate of drug-likeness (QED) is 0.829. The van der Waals surface area contributed by atoms with Gasteiger partial charge < -0.3 is 5.73 Å². The van der Waals surface area contributed by atoms with Crippen molar-refractivity contribution in [2.75, 3.05) is 0 Å². The molecule has 3 nitrogen and oxygen atoms in total. The molecule has 1 heterocycles. The summed E-state index contributed by atoms with van der Waals surface area (Å²) in [6.07, 6.45) is -1.38. The molecular weight excluding hydrogens is 200 g/mol. The van der Waals surface area contributed by atoms with Crippen LogP contribution in [0.1, 0.15) is 28.8 Å². The molecule has 1 aromatic heterocycles. The van der Waals surface area contributed by atoms with Gasteiger partial charge in [0.05, 0.1) is 18.2 Å². The van der Waals surface area contributed by atoms with Gasteiger partial charge in [-0.05, 0) is 18.1 Å². The number of nitrogens with two attached hydrogens (primary N) is 1. The molecule has 0 unspecified atom stereocenters. The van der Waals surface area contributed by atoms with Crippen molar-refractivity contribution in [2.24, 2.45) is 5.73 Å². The maximum atomic E-state index is 12.5. The van der Waals surface area contributed by atoms with Gasteiger partial charge in [0.2, 0.25) is 0 Å². The Hall–Kier alpha value is -1.54. The van der Waals surface area contributed by atoms with Crippen LogP contribution >= 0.6 is 0 Å². The van der Waals surface area contributed by atoms with E-state index in [4.69, 9.17) is 11.0 Å². The summed E-state index contributed by atoms with van der Waals surface area (Å²) in [5.41, 5.74) is 6.75. The number of hydrogen-bond donors (Lipinski definition) is 1. The number of pyridine rings is 1. The normalized spacial score (nSPS) is 10.4. The summed E-state index contributed by atoms with van der Waals surface area (Å²) in [4.78, 5) is 3.84. The molecule has 0 atom stereocenters. The highest BCUT2D eigenvalue weighted by molar-refractivity contribution is 5.37. The summed E-state index contributed by atoms with van der Waals surface area (Å²) in [7, 11) is 0. The van der Waals surface area contributed by atoms with Crippen molar-refractivity contribution in [3.05, 3.63) is 28.6 Å². The molecular formula is C10H11F2N3. The van der Waals surface area contributed by atoms with Crippen LogP contribution in [0.2, 0.25) is 0 Å². The molecule has 0 saturated heterocycles. The molecule has 2 N–H and O–H groups in total. The van der Waals surface area contributed by atoms with Gasteiger partial charge in [-0.25, -0.2) is 8.78 Å². The fraction of sp³-hybridized carbons (Fsp3) is 0.400. The van der Waals surface area contributed by atoms with Crippen LogP contribution in [0.5, 0.6) is 0 Å². The largest absolute Gasteiger partial charge is 0.325 e. The summed E-state index contributed by atoms with van der Waals surface area (Å²) in [5.74, 6) is 0. The molecule has 15 heavy (non-hydrogen) atoms. The molecule has 0 radical (unpaired) electrons. The summed E-state index contributed by atoms with van der Waals surface area (Å²) in [6.45, 7) is 1.72. The maximum Gasteiger partial charge on any atom is 0.265 e. The standard InChI is InChI=1S/C10H11F2N3/c1-6-7(2-3-13)9(4-14)15-5-8(6)10(11)12/h5,10H,2,4,14H2,1H3. The zero-order valence-electron chi connectivity index (χ0n) is 8.30. The highest BCUT2D eigenvalue weighted by atomic mass is 19.3. The molecule has 0 aliphatic rings. The van der Waals surface area contributed by atoms with Crippen molar-refractivity contribution in [3.63, 3.8) is 0 Å². The fourth-order valence-electron chi connectivity index (χ4n) is 1.42. The van der Waals surface area contributed by atoms with E-state index in [9.17, 15) is 8.78 Å². The zero-order valence-corrected chi connectivity index (χ0v) is 8.30. The van der Waals surface area contributed by atoms with E-state index in [1.54, 1.807) is 6.92 Å². The lowest BCUT2D eigenvalue weighted by atomic mass is 10.0. The Kier molecular flexibility index (Phi) is 3.69. The van der Waals surface area contributed by atoms with Gasteiger partial charge in [0.1, 0.15) is 0 Å². The molecule has 5 heteroatoms. The first kappa shape index (κ1) is 11.5. The van der Waals surface area contributed by atoms with Crippen molar-refractivity contribution in [1.29, 1.82) is 5.26 Å².